The van der Waals surface area contributed by atoms with Crippen LogP contribution in [0.15, 0.2) is 18.2 Å². The Balaban J connectivity index is 3.40. The third-order valence-electron chi connectivity index (χ3n) is 3.52. The van der Waals surface area contributed by atoms with Crippen molar-refractivity contribution in [3.05, 3.63) is 34.9 Å². The molecule has 10 heteroatoms. The number of rotatable bonds is 5. The van der Waals surface area contributed by atoms with Gasteiger partial charge in [-0.15, -0.1) is 0 Å². The first-order chi connectivity index (χ1) is 11.2. The highest BCUT2D eigenvalue weighted by molar-refractivity contribution is 5.70. The minimum Gasteiger partial charge on any atom is -0.466 e. The summed E-state index contributed by atoms with van der Waals surface area (Å²) in [5.74, 6) is -0.809. The zero-order chi connectivity index (χ0) is 19.6. The fourth-order valence-electron chi connectivity index (χ4n) is 1.99. The maximum absolute atomic E-state index is 13.0. The molecule has 1 unspecified atom stereocenters. The number of halogens is 6. The van der Waals surface area contributed by atoms with E-state index in [2.05, 4.69) is 4.74 Å². The van der Waals surface area contributed by atoms with E-state index in [1.54, 1.807) is 0 Å². The molecule has 0 aromatic heterocycles. The van der Waals surface area contributed by atoms with Gasteiger partial charge in [0, 0.05) is 6.04 Å². The molecule has 0 saturated heterocycles. The van der Waals surface area contributed by atoms with Gasteiger partial charge >= 0.3 is 18.3 Å². The van der Waals surface area contributed by atoms with E-state index in [1.807, 2.05) is 0 Å². The number of aliphatic hydroxyl groups is 1. The van der Waals surface area contributed by atoms with Crippen molar-refractivity contribution in [1.29, 1.82) is 0 Å². The van der Waals surface area contributed by atoms with Crippen molar-refractivity contribution >= 4 is 5.97 Å². The SMILES string of the molecule is CCOC(=O)C[C@H](N)c1cc(C(F)(F)F)cc(C(C)(O)C(F)(F)F)c1. The van der Waals surface area contributed by atoms with E-state index in [1.165, 1.54) is 6.92 Å². The van der Waals surface area contributed by atoms with E-state index >= 15 is 0 Å². The summed E-state index contributed by atoms with van der Waals surface area (Å²) in [5, 5.41) is 9.66. The van der Waals surface area contributed by atoms with Crippen LogP contribution in [0.25, 0.3) is 0 Å². The zero-order valence-electron chi connectivity index (χ0n) is 13.3. The van der Waals surface area contributed by atoms with Gasteiger partial charge in [-0.05, 0) is 37.1 Å². The molecule has 0 amide bonds. The average molecular weight is 373 g/mol. The van der Waals surface area contributed by atoms with Crippen molar-refractivity contribution in [2.75, 3.05) is 6.61 Å². The summed E-state index contributed by atoms with van der Waals surface area (Å²) in [6.07, 6.45) is -10.7. The normalized spacial score (nSPS) is 16.2. The number of nitrogens with two attached hydrogens (primary N) is 1. The third kappa shape index (κ3) is 5.08. The molecule has 0 saturated carbocycles. The lowest BCUT2D eigenvalue weighted by Crippen LogP contribution is -2.39. The van der Waals surface area contributed by atoms with Crippen molar-refractivity contribution in [1.82, 2.24) is 0 Å². The molecular formula is C15H17F6NO3. The minimum absolute atomic E-state index is 0.0161. The largest absolute Gasteiger partial charge is 0.466 e. The maximum Gasteiger partial charge on any atom is 0.421 e. The van der Waals surface area contributed by atoms with Gasteiger partial charge in [0.15, 0.2) is 5.60 Å². The van der Waals surface area contributed by atoms with Crippen molar-refractivity contribution in [2.24, 2.45) is 5.73 Å². The fraction of sp³-hybridized carbons (Fsp3) is 0.533. The Bertz CT molecular complexity index is 625. The van der Waals surface area contributed by atoms with E-state index in [-0.39, 0.29) is 18.2 Å². The molecule has 1 aromatic rings. The third-order valence-corrected chi connectivity index (χ3v) is 3.52. The van der Waals surface area contributed by atoms with E-state index in [0.717, 1.165) is 0 Å². The summed E-state index contributed by atoms with van der Waals surface area (Å²) in [6.45, 7) is 1.86. The van der Waals surface area contributed by atoms with Crippen LogP contribution < -0.4 is 5.73 Å². The summed E-state index contributed by atoms with van der Waals surface area (Å²) in [5.41, 5.74) is -0.702. The fourth-order valence-corrected chi connectivity index (χ4v) is 1.99. The molecular weight excluding hydrogens is 356 g/mol. The summed E-state index contributed by atoms with van der Waals surface area (Å²) in [6, 6.07) is 0.115. The summed E-state index contributed by atoms with van der Waals surface area (Å²) < 4.78 is 82.4. The van der Waals surface area contributed by atoms with Crippen LogP contribution in [0, 0.1) is 0 Å². The van der Waals surface area contributed by atoms with E-state index in [4.69, 9.17) is 5.73 Å². The van der Waals surface area contributed by atoms with Crippen LogP contribution in [0.3, 0.4) is 0 Å². The van der Waals surface area contributed by atoms with Gasteiger partial charge in [-0.3, -0.25) is 4.79 Å². The molecule has 1 aromatic carbocycles. The van der Waals surface area contributed by atoms with E-state index < -0.39 is 47.5 Å². The van der Waals surface area contributed by atoms with Gasteiger partial charge in [-0.1, -0.05) is 6.07 Å². The zero-order valence-corrected chi connectivity index (χ0v) is 13.3. The molecule has 0 aliphatic carbocycles. The topological polar surface area (TPSA) is 72.5 Å². The van der Waals surface area contributed by atoms with Gasteiger partial charge < -0.3 is 15.6 Å². The molecule has 4 nitrogen and oxygen atoms in total. The van der Waals surface area contributed by atoms with Gasteiger partial charge in [0.2, 0.25) is 0 Å². The van der Waals surface area contributed by atoms with Gasteiger partial charge in [-0.25, -0.2) is 0 Å². The minimum atomic E-state index is -5.21. The predicted molar refractivity (Wildman–Crippen MR) is 75.2 cm³/mol. The molecule has 0 aliphatic heterocycles. The van der Waals surface area contributed by atoms with E-state index in [0.29, 0.717) is 19.1 Å². The Kier molecular flexibility index (Phi) is 6.12. The molecule has 0 bridgehead atoms. The number of carbonyl (C=O) groups excluding carboxylic acids is 1. The molecule has 0 heterocycles. The van der Waals surface area contributed by atoms with Crippen molar-refractivity contribution in [3.63, 3.8) is 0 Å². The summed E-state index contributed by atoms with van der Waals surface area (Å²) in [4.78, 5) is 11.4. The molecule has 142 valence electrons. The molecule has 0 spiro atoms. The van der Waals surface area contributed by atoms with Crippen LogP contribution in [-0.4, -0.2) is 23.9 Å². The highest BCUT2D eigenvalue weighted by Crippen LogP contribution is 2.41. The van der Waals surface area contributed by atoms with Crippen LogP contribution in [0.1, 0.15) is 43.0 Å². The van der Waals surface area contributed by atoms with Crippen molar-refractivity contribution < 1.29 is 41.0 Å². The predicted octanol–water partition coefficient (Wildman–Crippen LogP) is 3.43. The first kappa shape index (κ1) is 21.2. The van der Waals surface area contributed by atoms with Gasteiger partial charge in [0.25, 0.3) is 0 Å². The summed E-state index contributed by atoms with van der Waals surface area (Å²) >= 11 is 0. The average Bonchev–Trinajstić information content (AvgIpc) is 2.44. The lowest BCUT2D eigenvalue weighted by Gasteiger charge is -2.28. The van der Waals surface area contributed by atoms with Crippen LogP contribution in [0.2, 0.25) is 0 Å². The smallest absolute Gasteiger partial charge is 0.421 e. The number of ether oxygens (including phenoxy) is 1. The Labute approximate surface area is 139 Å². The van der Waals surface area contributed by atoms with Crippen molar-refractivity contribution in [3.8, 4) is 0 Å². The Morgan fingerprint density at radius 2 is 1.68 bits per heavy atom. The summed E-state index contributed by atoms with van der Waals surface area (Å²) in [7, 11) is 0. The molecule has 25 heavy (non-hydrogen) atoms. The first-order valence-corrected chi connectivity index (χ1v) is 7.13. The number of hydrogen-bond donors (Lipinski definition) is 2. The van der Waals surface area contributed by atoms with Crippen LogP contribution in [-0.2, 0) is 21.3 Å². The molecule has 0 radical (unpaired) electrons. The number of benzene rings is 1. The Hall–Kier alpha value is -1.81. The second-order valence-electron chi connectivity index (χ2n) is 5.53. The van der Waals surface area contributed by atoms with Gasteiger partial charge in [0.05, 0.1) is 18.6 Å². The Morgan fingerprint density at radius 3 is 2.12 bits per heavy atom. The lowest BCUT2D eigenvalue weighted by molar-refractivity contribution is -0.259. The molecule has 3 N–H and O–H groups in total. The van der Waals surface area contributed by atoms with Gasteiger partial charge in [0.1, 0.15) is 0 Å². The van der Waals surface area contributed by atoms with Crippen molar-refractivity contribution in [2.45, 2.75) is 44.3 Å². The van der Waals surface area contributed by atoms with Crippen LogP contribution >= 0.6 is 0 Å². The highest BCUT2D eigenvalue weighted by Gasteiger charge is 2.52. The number of alkyl halides is 6. The highest BCUT2D eigenvalue weighted by atomic mass is 19.4. The van der Waals surface area contributed by atoms with Gasteiger partial charge in [-0.2, -0.15) is 26.3 Å². The Morgan fingerprint density at radius 1 is 1.16 bits per heavy atom. The monoisotopic (exact) mass is 373 g/mol. The second-order valence-corrected chi connectivity index (χ2v) is 5.53. The number of carbonyl (C=O) groups is 1. The molecule has 2 atom stereocenters. The van der Waals surface area contributed by atoms with Crippen LogP contribution in [0.4, 0.5) is 26.3 Å². The standard InChI is InChI=1S/C15H17F6NO3/c1-3-25-12(23)7-11(22)8-4-9(13(2,24)15(19,20)21)6-10(5-8)14(16,17)18/h4-6,11,24H,3,7,22H2,1-2H3/t11-,13?/m0/s1. The maximum atomic E-state index is 13.0. The lowest BCUT2D eigenvalue weighted by atomic mass is 9.89. The molecule has 0 aliphatic rings. The molecule has 0 fully saturated rings. The quantitative estimate of drug-likeness (QED) is 0.613. The second kappa shape index (κ2) is 7.20. The molecule has 1 rings (SSSR count). The number of hydrogen-bond acceptors (Lipinski definition) is 4. The first-order valence-electron chi connectivity index (χ1n) is 7.13. The van der Waals surface area contributed by atoms with E-state index in [9.17, 15) is 36.2 Å². The van der Waals surface area contributed by atoms with Crippen LogP contribution in [0.5, 0.6) is 0 Å². The number of esters is 1.